The van der Waals surface area contributed by atoms with Crippen LogP contribution in [0.2, 0.25) is 5.02 Å². The van der Waals surface area contributed by atoms with Gasteiger partial charge < -0.3 is 0 Å². The van der Waals surface area contributed by atoms with Crippen LogP contribution in [0.1, 0.15) is 12.0 Å². The molecular formula is C9H6ClF2N. The normalized spacial score (nSPS) is 9.69. The summed E-state index contributed by atoms with van der Waals surface area (Å²) in [7, 11) is 0. The Hall–Kier alpha value is -1.14. The predicted octanol–water partition coefficient (Wildman–Crippen LogP) is 3.07. The standard InChI is InChI=1S/C9H6ClF2N/c10-7-4-6(2-1-3-13)8(11)5-9(7)12/h4-5H,1-2H2. The minimum atomic E-state index is -0.778. The van der Waals surface area contributed by atoms with Crippen LogP contribution in [-0.2, 0) is 6.42 Å². The third-order valence-electron chi connectivity index (χ3n) is 1.60. The number of hydrogen-bond acceptors (Lipinski definition) is 1. The molecule has 0 amide bonds. The zero-order chi connectivity index (χ0) is 9.84. The first-order chi connectivity index (χ1) is 6.15. The van der Waals surface area contributed by atoms with E-state index in [4.69, 9.17) is 16.9 Å². The van der Waals surface area contributed by atoms with Crippen molar-refractivity contribution in [1.29, 1.82) is 5.26 Å². The summed E-state index contributed by atoms with van der Waals surface area (Å²) in [6.45, 7) is 0. The van der Waals surface area contributed by atoms with Crippen molar-refractivity contribution in [1.82, 2.24) is 0 Å². The van der Waals surface area contributed by atoms with Crippen LogP contribution in [0.5, 0.6) is 0 Å². The number of benzene rings is 1. The van der Waals surface area contributed by atoms with E-state index in [2.05, 4.69) is 0 Å². The summed E-state index contributed by atoms with van der Waals surface area (Å²) in [6.07, 6.45) is 0.446. The molecule has 0 saturated carbocycles. The minimum Gasteiger partial charge on any atom is -0.207 e. The quantitative estimate of drug-likeness (QED) is 0.675. The van der Waals surface area contributed by atoms with E-state index in [1.165, 1.54) is 6.07 Å². The SMILES string of the molecule is N#CCCc1cc(Cl)c(F)cc1F. The van der Waals surface area contributed by atoms with E-state index in [0.717, 1.165) is 6.07 Å². The summed E-state index contributed by atoms with van der Waals surface area (Å²) >= 11 is 5.44. The van der Waals surface area contributed by atoms with Crippen molar-refractivity contribution in [3.63, 3.8) is 0 Å². The van der Waals surface area contributed by atoms with Crippen molar-refractivity contribution in [2.75, 3.05) is 0 Å². The van der Waals surface area contributed by atoms with Gasteiger partial charge in [-0.05, 0) is 18.1 Å². The van der Waals surface area contributed by atoms with E-state index in [0.29, 0.717) is 0 Å². The summed E-state index contributed by atoms with van der Waals surface area (Å²) in [6, 6.07) is 3.82. The fourth-order valence-electron chi connectivity index (χ4n) is 0.946. The molecule has 0 spiro atoms. The lowest BCUT2D eigenvalue weighted by molar-refractivity contribution is 0.572. The van der Waals surface area contributed by atoms with Gasteiger partial charge in [-0.1, -0.05) is 11.6 Å². The van der Waals surface area contributed by atoms with Gasteiger partial charge in [-0.3, -0.25) is 0 Å². The largest absolute Gasteiger partial charge is 0.207 e. The number of rotatable bonds is 2. The zero-order valence-corrected chi connectivity index (χ0v) is 7.41. The van der Waals surface area contributed by atoms with E-state index >= 15 is 0 Å². The third kappa shape index (κ3) is 2.40. The number of nitriles is 1. The molecule has 0 aliphatic carbocycles. The average Bonchev–Trinajstić information content (AvgIpc) is 2.09. The number of aryl methyl sites for hydroxylation is 1. The Morgan fingerprint density at radius 2 is 2.00 bits per heavy atom. The fourth-order valence-corrected chi connectivity index (χ4v) is 1.13. The van der Waals surface area contributed by atoms with Crippen molar-refractivity contribution in [2.24, 2.45) is 0 Å². The topological polar surface area (TPSA) is 23.8 Å². The first kappa shape index (κ1) is 9.94. The molecule has 1 rings (SSSR count). The molecule has 0 aromatic heterocycles. The maximum absolute atomic E-state index is 12.9. The highest BCUT2D eigenvalue weighted by Crippen LogP contribution is 2.20. The van der Waals surface area contributed by atoms with Crippen molar-refractivity contribution >= 4 is 11.6 Å². The maximum atomic E-state index is 12.9. The molecule has 68 valence electrons. The first-order valence-electron chi connectivity index (χ1n) is 3.65. The van der Waals surface area contributed by atoms with Crippen molar-refractivity contribution in [2.45, 2.75) is 12.8 Å². The molecule has 0 heterocycles. The first-order valence-corrected chi connectivity index (χ1v) is 4.03. The van der Waals surface area contributed by atoms with Gasteiger partial charge in [-0.15, -0.1) is 0 Å². The van der Waals surface area contributed by atoms with Crippen LogP contribution in [0.4, 0.5) is 8.78 Å². The second-order valence-corrected chi connectivity index (χ2v) is 2.92. The van der Waals surface area contributed by atoms with E-state index in [-0.39, 0.29) is 23.4 Å². The Morgan fingerprint density at radius 1 is 1.31 bits per heavy atom. The molecule has 1 aromatic rings. The van der Waals surface area contributed by atoms with Gasteiger partial charge in [0.25, 0.3) is 0 Å². The van der Waals surface area contributed by atoms with Gasteiger partial charge in [0.05, 0.1) is 11.1 Å². The van der Waals surface area contributed by atoms with Crippen LogP contribution in [0, 0.1) is 23.0 Å². The van der Waals surface area contributed by atoms with E-state index in [1.54, 1.807) is 0 Å². The molecule has 13 heavy (non-hydrogen) atoms. The Balaban J connectivity index is 2.96. The Morgan fingerprint density at radius 3 is 2.62 bits per heavy atom. The van der Waals surface area contributed by atoms with E-state index < -0.39 is 11.6 Å². The van der Waals surface area contributed by atoms with Crippen LogP contribution in [0.15, 0.2) is 12.1 Å². The van der Waals surface area contributed by atoms with Crippen LogP contribution in [0.3, 0.4) is 0 Å². The summed E-state index contributed by atoms with van der Waals surface area (Å²) in [5, 5.41) is 8.15. The highest BCUT2D eigenvalue weighted by atomic mass is 35.5. The molecule has 0 aliphatic rings. The lowest BCUT2D eigenvalue weighted by Crippen LogP contribution is -1.92. The molecule has 0 fully saturated rings. The minimum absolute atomic E-state index is 0.116. The molecular weight excluding hydrogens is 196 g/mol. The van der Waals surface area contributed by atoms with Gasteiger partial charge in [-0.2, -0.15) is 5.26 Å². The molecule has 0 N–H and O–H groups in total. The van der Waals surface area contributed by atoms with Gasteiger partial charge in [0.15, 0.2) is 0 Å². The van der Waals surface area contributed by atoms with Crippen LogP contribution in [0.25, 0.3) is 0 Å². The van der Waals surface area contributed by atoms with E-state index in [9.17, 15) is 8.78 Å². The summed E-state index contributed by atoms with van der Waals surface area (Å²) < 4.78 is 25.6. The van der Waals surface area contributed by atoms with Crippen LogP contribution >= 0.6 is 11.6 Å². The molecule has 0 bridgehead atoms. The molecule has 0 radical (unpaired) electrons. The Labute approximate surface area is 79.6 Å². The van der Waals surface area contributed by atoms with E-state index in [1.807, 2.05) is 6.07 Å². The van der Waals surface area contributed by atoms with Gasteiger partial charge in [0.1, 0.15) is 11.6 Å². The monoisotopic (exact) mass is 201 g/mol. The van der Waals surface area contributed by atoms with Crippen LogP contribution < -0.4 is 0 Å². The molecule has 1 aromatic carbocycles. The lowest BCUT2D eigenvalue weighted by Gasteiger charge is -2.01. The third-order valence-corrected chi connectivity index (χ3v) is 1.89. The van der Waals surface area contributed by atoms with Crippen LogP contribution in [-0.4, -0.2) is 0 Å². The summed E-state index contributed by atoms with van der Waals surface area (Å²) in [5.74, 6) is -1.43. The van der Waals surface area contributed by atoms with Crippen molar-refractivity contribution in [3.8, 4) is 6.07 Å². The van der Waals surface area contributed by atoms with Gasteiger partial charge in [-0.25, -0.2) is 8.78 Å². The average molecular weight is 202 g/mol. The molecule has 0 atom stereocenters. The number of halogens is 3. The van der Waals surface area contributed by atoms with Gasteiger partial charge in [0, 0.05) is 12.5 Å². The second kappa shape index (κ2) is 4.20. The van der Waals surface area contributed by atoms with Crippen molar-refractivity contribution in [3.05, 3.63) is 34.4 Å². The maximum Gasteiger partial charge on any atom is 0.144 e. The Kier molecular flexibility index (Phi) is 3.21. The number of hydrogen-bond donors (Lipinski definition) is 0. The molecule has 1 nitrogen and oxygen atoms in total. The lowest BCUT2D eigenvalue weighted by atomic mass is 10.1. The zero-order valence-electron chi connectivity index (χ0n) is 6.65. The molecule has 0 unspecified atom stereocenters. The fraction of sp³-hybridized carbons (Fsp3) is 0.222. The number of nitrogens with zero attached hydrogens (tertiary/aromatic N) is 1. The highest BCUT2D eigenvalue weighted by molar-refractivity contribution is 6.30. The highest BCUT2D eigenvalue weighted by Gasteiger charge is 2.07. The summed E-state index contributed by atoms with van der Waals surface area (Å²) in [4.78, 5) is 0. The van der Waals surface area contributed by atoms with Crippen molar-refractivity contribution < 1.29 is 8.78 Å². The van der Waals surface area contributed by atoms with Gasteiger partial charge >= 0.3 is 0 Å². The second-order valence-electron chi connectivity index (χ2n) is 2.52. The smallest absolute Gasteiger partial charge is 0.144 e. The van der Waals surface area contributed by atoms with Gasteiger partial charge in [0.2, 0.25) is 0 Å². The molecule has 4 heteroatoms. The molecule has 0 saturated heterocycles. The Bertz CT molecular complexity index is 357. The predicted molar refractivity (Wildman–Crippen MR) is 45.3 cm³/mol. The summed E-state index contributed by atoms with van der Waals surface area (Å²) in [5.41, 5.74) is 0.271. The molecule has 0 aliphatic heterocycles.